The Bertz CT molecular complexity index is 716. The van der Waals surface area contributed by atoms with Gasteiger partial charge in [0.2, 0.25) is 11.8 Å². The number of likely N-dealkylation sites (tertiary alicyclic amines) is 1. The summed E-state index contributed by atoms with van der Waals surface area (Å²) in [5.41, 5.74) is 1.20. The van der Waals surface area contributed by atoms with Gasteiger partial charge in [-0.15, -0.1) is 0 Å². The maximum Gasteiger partial charge on any atom is 0.225 e. The van der Waals surface area contributed by atoms with E-state index in [1.54, 1.807) is 0 Å². The lowest BCUT2D eigenvalue weighted by molar-refractivity contribution is -0.135. The number of piperidine rings is 1. The van der Waals surface area contributed by atoms with E-state index in [0.29, 0.717) is 36.9 Å². The largest absolute Gasteiger partial charge is 0.381 e. The molecule has 1 unspecified atom stereocenters. The van der Waals surface area contributed by atoms with Gasteiger partial charge < -0.3 is 15.0 Å². The molecule has 0 aromatic heterocycles. The van der Waals surface area contributed by atoms with E-state index in [4.69, 9.17) is 4.74 Å². The van der Waals surface area contributed by atoms with E-state index >= 15 is 0 Å². The minimum absolute atomic E-state index is 0.116. The van der Waals surface area contributed by atoms with Crippen molar-refractivity contribution in [2.24, 2.45) is 5.92 Å². The van der Waals surface area contributed by atoms with E-state index in [2.05, 4.69) is 27.2 Å². The summed E-state index contributed by atoms with van der Waals surface area (Å²) in [4.78, 5) is 29.7. The number of carbonyl (C=O) groups is 2. The number of hydrogen-bond acceptors (Lipinski definition) is 4. The van der Waals surface area contributed by atoms with Gasteiger partial charge in [-0.05, 0) is 50.5 Å². The first-order valence-corrected chi connectivity index (χ1v) is 12.1. The Kier molecular flexibility index (Phi) is 7.97. The van der Waals surface area contributed by atoms with E-state index in [1.807, 2.05) is 18.2 Å². The molecule has 170 valence electrons. The quantitative estimate of drug-likeness (QED) is 0.658. The summed E-state index contributed by atoms with van der Waals surface area (Å²) < 4.78 is 5.59. The summed E-state index contributed by atoms with van der Waals surface area (Å²) in [5, 5.41) is 3.13. The summed E-state index contributed by atoms with van der Waals surface area (Å²) in [7, 11) is 0. The number of hydrogen-bond donors (Lipinski definition) is 1. The zero-order valence-corrected chi connectivity index (χ0v) is 18.6. The Hall–Kier alpha value is -1.92. The zero-order valence-electron chi connectivity index (χ0n) is 18.6. The topological polar surface area (TPSA) is 61.9 Å². The molecule has 1 aromatic rings. The van der Waals surface area contributed by atoms with Crippen molar-refractivity contribution >= 4 is 11.8 Å². The molecule has 1 aliphatic carbocycles. The highest BCUT2D eigenvalue weighted by Gasteiger charge is 2.37. The monoisotopic (exact) mass is 427 g/mol. The second-order valence-corrected chi connectivity index (χ2v) is 9.27. The van der Waals surface area contributed by atoms with Crippen LogP contribution >= 0.6 is 0 Å². The standard InChI is InChI=1S/C25H37N3O3/c29-24(11-8-20-5-2-1-3-6-20)26-14-16-28(22-12-17-31-18-13-22)23-7-4-15-27(19-23)25(30)21-9-10-21/h1-3,5-6,21-23H,4,7-19H2,(H,26,29). The van der Waals surface area contributed by atoms with Gasteiger partial charge in [0.15, 0.2) is 0 Å². The van der Waals surface area contributed by atoms with Crippen molar-refractivity contribution in [3.05, 3.63) is 35.9 Å². The average Bonchev–Trinajstić information content (AvgIpc) is 3.67. The molecule has 2 amide bonds. The predicted octanol–water partition coefficient (Wildman–Crippen LogP) is 2.62. The normalized spacial score (nSPS) is 22.5. The highest BCUT2D eigenvalue weighted by molar-refractivity contribution is 5.81. The van der Waals surface area contributed by atoms with Crippen LogP contribution in [0, 0.1) is 5.92 Å². The predicted molar refractivity (Wildman–Crippen MR) is 121 cm³/mol. The van der Waals surface area contributed by atoms with E-state index in [0.717, 1.165) is 77.8 Å². The van der Waals surface area contributed by atoms with Crippen LogP contribution in [0.2, 0.25) is 0 Å². The van der Waals surface area contributed by atoms with E-state index < -0.39 is 0 Å². The van der Waals surface area contributed by atoms with Crippen molar-refractivity contribution in [3.63, 3.8) is 0 Å². The summed E-state index contributed by atoms with van der Waals surface area (Å²) >= 11 is 0. The molecular weight excluding hydrogens is 390 g/mol. The van der Waals surface area contributed by atoms with Crippen LogP contribution in [0.4, 0.5) is 0 Å². The zero-order chi connectivity index (χ0) is 21.5. The molecule has 0 bridgehead atoms. The average molecular weight is 428 g/mol. The first-order chi connectivity index (χ1) is 15.2. The summed E-state index contributed by atoms with van der Waals surface area (Å²) in [6, 6.07) is 11.0. The summed E-state index contributed by atoms with van der Waals surface area (Å²) in [6.07, 6.45) is 7.72. The van der Waals surface area contributed by atoms with Crippen molar-refractivity contribution in [2.75, 3.05) is 39.4 Å². The highest BCUT2D eigenvalue weighted by atomic mass is 16.5. The maximum atomic E-state index is 12.6. The summed E-state index contributed by atoms with van der Waals surface area (Å²) in [6.45, 7) is 4.87. The lowest BCUT2D eigenvalue weighted by atomic mass is 9.98. The fourth-order valence-corrected chi connectivity index (χ4v) is 5.01. The van der Waals surface area contributed by atoms with Crippen LogP contribution < -0.4 is 5.32 Å². The number of benzene rings is 1. The third kappa shape index (κ3) is 6.53. The smallest absolute Gasteiger partial charge is 0.225 e. The van der Waals surface area contributed by atoms with Gasteiger partial charge in [0, 0.05) is 63.8 Å². The van der Waals surface area contributed by atoms with Crippen molar-refractivity contribution < 1.29 is 14.3 Å². The molecule has 3 fully saturated rings. The number of ether oxygens (including phenoxy) is 1. The van der Waals surface area contributed by atoms with Gasteiger partial charge in [0.1, 0.15) is 0 Å². The molecule has 6 heteroatoms. The van der Waals surface area contributed by atoms with Crippen LogP contribution in [-0.4, -0.2) is 73.1 Å². The Morgan fingerprint density at radius 2 is 1.81 bits per heavy atom. The molecular formula is C25H37N3O3. The Morgan fingerprint density at radius 1 is 1.03 bits per heavy atom. The maximum absolute atomic E-state index is 12.6. The van der Waals surface area contributed by atoms with E-state index in [-0.39, 0.29) is 5.91 Å². The van der Waals surface area contributed by atoms with Crippen molar-refractivity contribution in [1.82, 2.24) is 15.1 Å². The minimum atomic E-state index is 0.116. The fourth-order valence-electron chi connectivity index (χ4n) is 5.01. The molecule has 3 aliphatic rings. The molecule has 6 nitrogen and oxygen atoms in total. The lowest BCUT2D eigenvalue weighted by Crippen LogP contribution is -2.55. The van der Waals surface area contributed by atoms with E-state index in [9.17, 15) is 9.59 Å². The molecule has 1 N–H and O–H groups in total. The number of carbonyl (C=O) groups excluding carboxylic acids is 2. The van der Waals surface area contributed by atoms with Gasteiger partial charge in [0.05, 0.1) is 0 Å². The van der Waals surface area contributed by atoms with Gasteiger partial charge in [0.25, 0.3) is 0 Å². The number of aryl methyl sites for hydroxylation is 1. The van der Waals surface area contributed by atoms with Crippen molar-refractivity contribution in [3.8, 4) is 0 Å². The lowest BCUT2D eigenvalue weighted by Gasteiger charge is -2.44. The molecule has 4 rings (SSSR count). The fraction of sp³-hybridized carbons (Fsp3) is 0.680. The first-order valence-electron chi connectivity index (χ1n) is 12.1. The minimum Gasteiger partial charge on any atom is -0.381 e. The number of rotatable bonds is 9. The summed E-state index contributed by atoms with van der Waals surface area (Å²) in [5.74, 6) is 0.773. The second kappa shape index (κ2) is 11.1. The number of nitrogens with zero attached hydrogens (tertiary/aromatic N) is 2. The molecule has 1 saturated carbocycles. The Morgan fingerprint density at radius 3 is 2.55 bits per heavy atom. The van der Waals surface area contributed by atoms with Crippen LogP contribution in [-0.2, 0) is 20.7 Å². The van der Waals surface area contributed by atoms with E-state index in [1.165, 1.54) is 5.56 Å². The number of nitrogens with one attached hydrogen (secondary N) is 1. The van der Waals surface area contributed by atoms with Crippen molar-refractivity contribution in [2.45, 2.75) is 63.5 Å². The molecule has 2 saturated heterocycles. The van der Waals surface area contributed by atoms with Gasteiger partial charge in [-0.2, -0.15) is 0 Å². The van der Waals surface area contributed by atoms with Crippen LogP contribution in [0.15, 0.2) is 30.3 Å². The number of amides is 2. The van der Waals surface area contributed by atoms with Gasteiger partial charge in [-0.3, -0.25) is 14.5 Å². The molecule has 0 spiro atoms. The molecule has 0 radical (unpaired) electrons. The molecule has 1 atom stereocenters. The second-order valence-electron chi connectivity index (χ2n) is 9.27. The SMILES string of the molecule is O=C(CCc1ccccc1)NCCN(C1CCOCC1)C1CCCN(C(=O)C2CC2)C1. The Labute approximate surface area is 186 Å². The van der Waals surface area contributed by atoms with Crippen LogP contribution in [0.25, 0.3) is 0 Å². The molecule has 2 heterocycles. The van der Waals surface area contributed by atoms with Crippen molar-refractivity contribution in [1.29, 1.82) is 0 Å². The van der Waals surface area contributed by atoms with Gasteiger partial charge in [-0.1, -0.05) is 30.3 Å². The van der Waals surface area contributed by atoms with Crippen LogP contribution in [0.3, 0.4) is 0 Å². The van der Waals surface area contributed by atoms with Gasteiger partial charge in [-0.25, -0.2) is 0 Å². The van der Waals surface area contributed by atoms with Crippen LogP contribution in [0.1, 0.15) is 50.5 Å². The molecule has 2 aliphatic heterocycles. The highest BCUT2D eigenvalue weighted by Crippen LogP contribution is 2.32. The first kappa shape index (κ1) is 22.3. The third-order valence-corrected chi connectivity index (χ3v) is 6.94. The molecule has 31 heavy (non-hydrogen) atoms. The van der Waals surface area contributed by atoms with Crippen LogP contribution in [0.5, 0.6) is 0 Å². The Balaban J connectivity index is 1.28. The molecule has 1 aromatic carbocycles. The third-order valence-electron chi connectivity index (χ3n) is 6.94. The van der Waals surface area contributed by atoms with Gasteiger partial charge >= 0.3 is 0 Å².